The summed E-state index contributed by atoms with van der Waals surface area (Å²) < 4.78 is 1.16. The summed E-state index contributed by atoms with van der Waals surface area (Å²) in [7, 11) is 0. The summed E-state index contributed by atoms with van der Waals surface area (Å²) in [5, 5.41) is 15.2. The van der Waals surface area contributed by atoms with Gasteiger partial charge in [0, 0.05) is 6.07 Å². The average Bonchev–Trinajstić information content (AvgIpc) is 3.21. The van der Waals surface area contributed by atoms with Crippen LogP contribution in [0.4, 0.5) is 0 Å². The van der Waals surface area contributed by atoms with Crippen molar-refractivity contribution in [1.29, 1.82) is 0 Å². The first kappa shape index (κ1) is 22.1. The lowest BCUT2D eigenvalue weighted by Gasteiger charge is -2.17. The molecule has 0 aliphatic heterocycles. The van der Waals surface area contributed by atoms with Gasteiger partial charge < -0.3 is 10.4 Å². The van der Waals surface area contributed by atoms with Gasteiger partial charge in [-0.2, -0.15) is 0 Å². The van der Waals surface area contributed by atoms with Crippen LogP contribution in [0.1, 0.15) is 28.5 Å². The molecule has 0 aliphatic carbocycles. The second-order valence-corrected chi connectivity index (χ2v) is 7.81. The Kier molecular flexibility index (Phi) is 6.42. The minimum atomic E-state index is -1.06. The van der Waals surface area contributed by atoms with Gasteiger partial charge in [-0.05, 0) is 28.8 Å². The van der Waals surface area contributed by atoms with E-state index in [2.05, 4.69) is 10.4 Å². The number of rotatable bonds is 7. The Morgan fingerprint density at radius 2 is 1.58 bits per heavy atom. The van der Waals surface area contributed by atoms with Gasteiger partial charge in [-0.1, -0.05) is 78.3 Å². The first-order valence-electron chi connectivity index (χ1n) is 10.2. The van der Waals surface area contributed by atoms with Gasteiger partial charge in [0.1, 0.15) is 5.69 Å². The second-order valence-electron chi connectivity index (χ2n) is 7.41. The van der Waals surface area contributed by atoms with Gasteiger partial charge >= 0.3 is 5.97 Å². The number of H-pyrrole nitrogens is 1. The van der Waals surface area contributed by atoms with E-state index < -0.39 is 23.5 Å². The molecule has 166 valence electrons. The molecule has 0 aliphatic rings. The number of carbonyl (C=O) groups is 2. The maximum Gasteiger partial charge on any atom is 0.305 e. The highest BCUT2D eigenvalue weighted by Crippen LogP contribution is 2.24. The molecule has 1 aromatic heterocycles. The number of aromatic nitrogens is 2. The molecule has 3 aromatic carbocycles. The summed E-state index contributed by atoms with van der Waals surface area (Å²) in [5.41, 5.74) is 2.58. The van der Waals surface area contributed by atoms with E-state index in [1.807, 2.05) is 42.5 Å². The summed E-state index contributed by atoms with van der Waals surface area (Å²) in [4.78, 5) is 36.7. The number of amides is 1. The molecule has 3 N–H and O–H groups in total. The topological polar surface area (TPSA) is 104 Å². The molecule has 7 nitrogen and oxygen atoms in total. The largest absolute Gasteiger partial charge is 0.481 e. The number of aromatic amines is 1. The first-order valence-corrected chi connectivity index (χ1v) is 10.5. The maximum absolute atomic E-state index is 12.9. The SMILES string of the molecule is O=C(O)CC(NC(=O)c1cc(=O)n(-c2ccccc2Cl)[nH]1)c1ccc(-c2ccccc2)cc1. The van der Waals surface area contributed by atoms with Crippen LogP contribution in [0.25, 0.3) is 16.8 Å². The molecule has 0 saturated carbocycles. The molecule has 0 bridgehead atoms. The highest BCUT2D eigenvalue weighted by Gasteiger charge is 2.21. The minimum absolute atomic E-state index is 0.00351. The quantitative estimate of drug-likeness (QED) is 0.378. The number of benzene rings is 3. The van der Waals surface area contributed by atoms with E-state index in [0.29, 0.717) is 16.3 Å². The fourth-order valence-electron chi connectivity index (χ4n) is 3.53. The molecule has 0 saturated heterocycles. The van der Waals surface area contributed by atoms with E-state index in [1.165, 1.54) is 0 Å². The van der Waals surface area contributed by atoms with Gasteiger partial charge in [-0.15, -0.1) is 0 Å². The Morgan fingerprint density at radius 1 is 0.939 bits per heavy atom. The lowest BCUT2D eigenvalue weighted by Crippen LogP contribution is -2.30. The number of nitrogens with one attached hydrogen (secondary N) is 2. The highest BCUT2D eigenvalue weighted by molar-refractivity contribution is 6.32. The van der Waals surface area contributed by atoms with Crippen molar-refractivity contribution in [3.8, 4) is 16.8 Å². The molecule has 1 atom stereocenters. The molecular formula is C25H20ClN3O4. The minimum Gasteiger partial charge on any atom is -0.481 e. The number of nitrogens with zero attached hydrogens (tertiary/aromatic N) is 1. The number of carboxylic acid groups (broad SMARTS) is 1. The Balaban J connectivity index is 1.58. The summed E-state index contributed by atoms with van der Waals surface area (Å²) in [6, 6.07) is 24.2. The third-order valence-electron chi connectivity index (χ3n) is 5.16. The summed E-state index contributed by atoms with van der Waals surface area (Å²) in [6.07, 6.45) is -0.314. The fourth-order valence-corrected chi connectivity index (χ4v) is 3.75. The van der Waals surface area contributed by atoms with E-state index >= 15 is 0 Å². The second kappa shape index (κ2) is 9.58. The molecular weight excluding hydrogens is 442 g/mol. The zero-order chi connectivity index (χ0) is 23.4. The molecule has 8 heteroatoms. The van der Waals surface area contributed by atoms with Gasteiger partial charge in [0.25, 0.3) is 11.5 Å². The smallest absolute Gasteiger partial charge is 0.305 e. The third-order valence-corrected chi connectivity index (χ3v) is 5.48. The van der Waals surface area contributed by atoms with Crippen LogP contribution in [0.3, 0.4) is 0 Å². The zero-order valence-electron chi connectivity index (χ0n) is 17.4. The van der Waals surface area contributed by atoms with Crippen molar-refractivity contribution < 1.29 is 14.7 Å². The van der Waals surface area contributed by atoms with Crippen molar-refractivity contribution in [1.82, 2.24) is 15.1 Å². The lowest BCUT2D eigenvalue weighted by atomic mass is 9.99. The molecule has 0 radical (unpaired) electrons. The van der Waals surface area contributed by atoms with Crippen LogP contribution in [-0.2, 0) is 4.79 Å². The number of para-hydroxylation sites is 1. The van der Waals surface area contributed by atoms with Gasteiger partial charge in [0.05, 0.1) is 23.2 Å². The Morgan fingerprint density at radius 3 is 2.24 bits per heavy atom. The van der Waals surface area contributed by atoms with Crippen LogP contribution in [0.15, 0.2) is 89.7 Å². The number of hydrogen-bond acceptors (Lipinski definition) is 3. The predicted molar refractivity (Wildman–Crippen MR) is 126 cm³/mol. The lowest BCUT2D eigenvalue weighted by molar-refractivity contribution is -0.137. The van der Waals surface area contributed by atoms with E-state index in [-0.39, 0.29) is 12.1 Å². The number of hydrogen-bond donors (Lipinski definition) is 3. The summed E-state index contributed by atoms with van der Waals surface area (Å²) in [6.45, 7) is 0. The van der Waals surface area contributed by atoms with Crippen molar-refractivity contribution >= 4 is 23.5 Å². The Bertz CT molecular complexity index is 1340. The van der Waals surface area contributed by atoms with Gasteiger partial charge in [0.2, 0.25) is 0 Å². The molecule has 4 rings (SSSR count). The molecule has 1 unspecified atom stereocenters. The fraction of sp³-hybridized carbons (Fsp3) is 0.0800. The van der Waals surface area contributed by atoms with E-state index in [0.717, 1.165) is 21.9 Å². The summed E-state index contributed by atoms with van der Waals surface area (Å²) >= 11 is 6.15. The van der Waals surface area contributed by atoms with Crippen molar-refractivity contribution in [3.63, 3.8) is 0 Å². The number of carboxylic acids is 1. The number of aliphatic carboxylic acids is 1. The van der Waals surface area contributed by atoms with E-state index in [4.69, 9.17) is 11.6 Å². The van der Waals surface area contributed by atoms with Crippen LogP contribution in [0.5, 0.6) is 0 Å². The first-order chi connectivity index (χ1) is 15.9. The molecule has 0 spiro atoms. The van der Waals surface area contributed by atoms with Crippen molar-refractivity contribution in [2.45, 2.75) is 12.5 Å². The highest BCUT2D eigenvalue weighted by atomic mass is 35.5. The standard InChI is InChI=1S/C25H20ClN3O4/c26-19-8-4-5-9-22(19)29-23(30)14-21(28-29)25(33)27-20(15-24(31)32)18-12-10-17(11-13-18)16-6-2-1-3-7-16/h1-14,20,28H,15H2,(H,27,33)(H,31,32). The molecule has 0 fully saturated rings. The number of carbonyl (C=O) groups excluding carboxylic acids is 1. The number of halogens is 1. The van der Waals surface area contributed by atoms with Gasteiger partial charge in [-0.25, -0.2) is 4.68 Å². The van der Waals surface area contributed by atoms with Crippen LogP contribution in [0, 0.1) is 0 Å². The maximum atomic E-state index is 12.9. The van der Waals surface area contributed by atoms with Crippen LogP contribution < -0.4 is 10.9 Å². The zero-order valence-corrected chi connectivity index (χ0v) is 18.1. The normalized spacial score (nSPS) is 11.7. The van der Waals surface area contributed by atoms with Crippen molar-refractivity contribution in [2.75, 3.05) is 0 Å². The van der Waals surface area contributed by atoms with Gasteiger partial charge in [0.15, 0.2) is 0 Å². The Labute approximate surface area is 194 Å². The molecule has 1 amide bonds. The van der Waals surface area contributed by atoms with E-state index in [1.54, 1.807) is 36.4 Å². The molecule has 33 heavy (non-hydrogen) atoms. The molecule has 1 heterocycles. The summed E-state index contributed by atoms with van der Waals surface area (Å²) in [5.74, 6) is -1.66. The Hall–Kier alpha value is -4.10. The van der Waals surface area contributed by atoms with Gasteiger partial charge in [-0.3, -0.25) is 19.5 Å². The van der Waals surface area contributed by atoms with Crippen molar-refractivity contribution in [2.24, 2.45) is 0 Å². The average molecular weight is 462 g/mol. The van der Waals surface area contributed by atoms with Crippen LogP contribution >= 0.6 is 11.6 Å². The monoisotopic (exact) mass is 461 g/mol. The molecule has 4 aromatic rings. The van der Waals surface area contributed by atoms with Crippen molar-refractivity contribution in [3.05, 3.63) is 112 Å². The third kappa shape index (κ3) is 5.05. The predicted octanol–water partition coefficient (Wildman–Crippen LogP) is 4.43. The van der Waals surface area contributed by atoms with Crippen LogP contribution in [0.2, 0.25) is 5.02 Å². The van der Waals surface area contributed by atoms with Crippen LogP contribution in [-0.4, -0.2) is 26.8 Å². The van der Waals surface area contributed by atoms with E-state index in [9.17, 15) is 19.5 Å².